The minimum absolute atomic E-state index is 0.154. The van der Waals surface area contributed by atoms with Crippen molar-refractivity contribution in [2.24, 2.45) is 0 Å². The van der Waals surface area contributed by atoms with Gasteiger partial charge in [0.25, 0.3) is 5.91 Å². The van der Waals surface area contributed by atoms with Gasteiger partial charge in [0.2, 0.25) is 0 Å². The number of hydrogen-bond donors (Lipinski definition) is 1. The number of hydrogen-bond acceptors (Lipinski definition) is 4. The molecule has 1 aromatic rings. The van der Waals surface area contributed by atoms with E-state index >= 15 is 0 Å². The Hall–Kier alpha value is -1.11. The highest BCUT2D eigenvalue weighted by Gasteiger charge is 2.22. The van der Waals surface area contributed by atoms with Crippen molar-refractivity contribution in [3.8, 4) is 5.75 Å². The van der Waals surface area contributed by atoms with Crippen LogP contribution in [0.3, 0.4) is 0 Å². The maximum absolute atomic E-state index is 11.9. The molecule has 0 spiro atoms. The van der Waals surface area contributed by atoms with Crippen LogP contribution >= 0.6 is 15.9 Å². The van der Waals surface area contributed by atoms with Gasteiger partial charge in [0.1, 0.15) is 5.75 Å². The molecule has 1 saturated heterocycles. The third-order valence-corrected chi connectivity index (χ3v) is 3.20. The first-order valence-corrected chi connectivity index (χ1v) is 6.79. The summed E-state index contributed by atoms with van der Waals surface area (Å²) in [5.41, 5.74) is 0.955. The molecule has 0 radical (unpaired) electrons. The number of ether oxygens (including phenoxy) is 3. The van der Waals surface area contributed by atoms with E-state index in [2.05, 4.69) is 21.2 Å². The van der Waals surface area contributed by atoms with Gasteiger partial charge in [-0.3, -0.25) is 4.79 Å². The van der Waals surface area contributed by atoms with Gasteiger partial charge >= 0.3 is 0 Å². The first kappa shape index (κ1) is 14.3. The molecule has 1 fully saturated rings. The molecule has 0 aromatic heterocycles. The van der Waals surface area contributed by atoms with E-state index in [-0.39, 0.29) is 5.91 Å². The van der Waals surface area contributed by atoms with E-state index < -0.39 is 6.10 Å². The predicted molar refractivity (Wildman–Crippen MR) is 73.1 cm³/mol. The molecular formula is C13H16BrNO4. The maximum Gasteiger partial charge on any atom is 0.251 e. The first-order valence-electron chi connectivity index (χ1n) is 5.99. The van der Waals surface area contributed by atoms with Crippen molar-refractivity contribution in [2.45, 2.75) is 12.6 Å². The van der Waals surface area contributed by atoms with Crippen molar-refractivity contribution in [2.75, 3.05) is 26.9 Å². The molecule has 0 bridgehead atoms. The molecule has 104 valence electrons. The van der Waals surface area contributed by atoms with Gasteiger partial charge in [0.05, 0.1) is 26.9 Å². The van der Waals surface area contributed by atoms with Crippen molar-refractivity contribution in [1.82, 2.24) is 5.32 Å². The van der Waals surface area contributed by atoms with E-state index in [1.807, 2.05) is 18.2 Å². The fraction of sp³-hybridized carbons (Fsp3) is 0.462. The zero-order valence-corrected chi connectivity index (χ0v) is 12.2. The molecule has 1 unspecified atom stereocenters. The minimum Gasteiger partial charge on any atom is -0.497 e. The Balaban J connectivity index is 1.90. The van der Waals surface area contributed by atoms with Crippen LogP contribution in [0.1, 0.15) is 5.56 Å². The SMILES string of the molecule is COc1cc(Br)cc(CNC(=O)C2COCCO2)c1. The summed E-state index contributed by atoms with van der Waals surface area (Å²) in [6.07, 6.45) is -0.511. The molecule has 1 aliphatic heterocycles. The van der Waals surface area contributed by atoms with Crippen LogP contribution in [0.2, 0.25) is 0 Å². The van der Waals surface area contributed by atoms with Gasteiger partial charge in [-0.05, 0) is 23.8 Å². The maximum atomic E-state index is 11.9. The molecule has 1 atom stereocenters. The monoisotopic (exact) mass is 329 g/mol. The summed E-state index contributed by atoms with van der Waals surface area (Å²) in [5, 5.41) is 2.83. The molecule has 5 nitrogen and oxygen atoms in total. The van der Waals surface area contributed by atoms with Crippen LogP contribution in [-0.4, -0.2) is 38.9 Å². The Kier molecular flexibility index (Phi) is 5.18. The summed E-state index contributed by atoms with van der Waals surface area (Å²) in [6, 6.07) is 5.67. The summed E-state index contributed by atoms with van der Waals surface area (Å²) in [4.78, 5) is 11.9. The van der Waals surface area contributed by atoms with Gasteiger partial charge in [-0.15, -0.1) is 0 Å². The van der Waals surface area contributed by atoms with E-state index in [9.17, 15) is 4.79 Å². The molecule has 0 saturated carbocycles. The summed E-state index contributed by atoms with van der Waals surface area (Å²) in [6.45, 7) is 1.75. The molecule has 1 N–H and O–H groups in total. The van der Waals surface area contributed by atoms with Gasteiger partial charge in [-0.1, -0.05) is 15.9 Å². The Bertz CT molecular complexity index is 446. The topological polar surface area (TPSA) is 56.8 Å². The van der Waals surface area contributed by atoms with Crippen molar-refractivity contribution < 1.29 is 19.0 Å². The molecule has 2 rings (SSSR count). The quantitative estimate of drug-likeness (QED) is 0.909. The Morgan fingerprint density at radius 2 is 2.32 bits per heavy atom. The number of rotatable bonds is 4. The molecule has 6 heteroatoms. The van der Waals surface area contributed by atoms with Gasteiger partial charge in [-0.2, -0.15) is 0 Å². The molecule has 1 heterocycles. The Morgan fingerprint density at radius 3 is 3.00 bits per heavy atom. The second kappa shape index (κ2) is 6.88. The lowest BCUT2D eigenvalue weighted by Crippen LogP contribution is -2.42. The van der Waals surface area contributed by atoms with Crippen LogP contribution in [0.4, 0.5) is 0 Å². The number of nitrogens with one attached hydrogen (secondary N) is 1. The average molecular weight is 330 g/mol. The van der Waals surface area contributed by atoms with Crippen LogP contribution in [0.15, 0.2) is 22.7 Å². The van der Waals surface area contributed by atoms with Crippen LogP contribution in [0.5, 0.6) is 5.75 Å². The van der Waals surface area contributed by atoms with E-state index in [4.69, 9.17) is 14.2 Å². The largest absolute Gasteiger partial charge is 0.497 e. The molecule has 19 heavy (non-hydrogen) atoms. The fourth-order valence-corrected chi connectivity index (χ4v) is 2.30. The van der Waals surface area contributed by atoms with Crippen molar-refractivity contribution in [3.63, 3.8) is 0 Å². The molecule has 1 aromatic carbocycles. The van der Waals surface area contributed by atoms with Crippen molar-refractivity contribution in [3.05, 3.63) is 28.2 Å². The third kappa shape index (κ3) is 4.19. The fourth-order valence-electron chi connectivity index (χ4n) is 1.78. The molecule has 1 aliphatic rings. The molecule has 0 aliphatic carbocycles. The highest BCUT2D eigenvalue weighted by atomic mass is 79.9. The smallest absolute Gasteiger partial charge is 0.251 e. The van der Waals surface area contributed by atoms with Crippen LogP contribution in [-0.2, 0) is 20.8 Å². The summed E-state index contributed by atoms with van der Waals surface area (Å²) < 4.78 is 16.6. The highest BCUT2D eigenvalue weighted by Crippen LogP contribution is 2.21. The van der Waals surface area contributed by atoms with Gasteiger partial charge in [0.15, 0.2) is 6.10 Å². The lowest BCUT2D eigenvalue weighted by Gasteiger charge is -2.22. The number of benzene rings is 1. The number of carbonyl (C=O) groups is 1. The lowest BCUT2D eigenvalue weighted by molar-refractivity contribution is -0.147. The first-order chi connectivity index (χ1) is 9.19. The Labute approximate surface area is 120 Å². The zero-order valence-electron chi connectivity index (χ0n) is 10.6. The molecule has 1 amide bonds. The summed E-state index contributed by atoms with van der Waals surface area (Å²) in [7, 11) is 1.61. The zero-order chi connectivity index (χ0) is 13.7. The highest BCUT2D eigenvalue weighted by molar-refractivity contribution is 9.10. The van der Waals surface area contributed by atoms with Crippen molar-refractivity contribution in [1.29, 1.82) is 0 Å². The second-order valence-corrected chi connectivity index (χ2v) is 5.07. The second-order valence-electron chi connectivity index (χ2n) is 4.15. The number of methoxy groups -OCH3 is 1. The predicted octanol–water partition coefficient (Wildman–Crippen LogP) is 1.49. The normalized spacial score (nSPS) is 18.9. The molecular weight excluding hydrogens is 314 g/mol. The minimum atomic E-state index is -0.511. The van der Waals surface area contributed by atoms with Gasteiger partial charge in [0, 0.05) is 11.0 Å². The standard InChI is InChI=1S/C13H16BrNO4/c1-17-11-5-9(4-10(14)6-11)7-15-13(16)12-8-18-2-3-19-12/h4-6,12H,2-3,7-8H2,1H3,(H,15,16). The van der Waals surface area contributed by atoms with Crippen LogP contribution in [0.25, 0.3) is 0 Å². The van der Waals surface area contributed by atoms with Gasteiger partial charge < -0.3 is 19.5 Å². The van der Waals surface area contributed by atoms with Crippen LogP contribution in [0, 0.1) is 0 Å². The van der Waals surface area contributed by atoms with Gasteiger partial charge in [-0.25, -0.2) is 0 Å². The van der Waals surface area contributed by atoms with E-state index in [1.54, 1.807) is 7.11 Å². The lowest BCUT2D eigenvalue weighted by atomic mass is 10.2. The van der Waals surface area contributed by atoms with E-state index in [1.165, 1.54) is 0 Å². The number of amides is 1. The van der Waals surface area contributed by atoms with Crippen molar-refractivity contribution >= 4 is 21.8 Å². The number of halogens is 1. The number of carbonyl (C=O) groups excluding carboxylic acids is 1. The van der Waals surface area contributed by atoms with E-state index in [0.717, 1.165) is 15.8 Å². The summed E-state index contributed by atoms with van der Waals surface area (Å²) in [5.74, 6) is 0.592. The van der Waals surface area contributed by atoms with Crippen LogP contribution < -0.4 is 10.1 Å². The Morgan fingerprint density at radius 1 is 1.47 bits per heavy atom. The summed E-state index contributed by atoms with van der Waals surface area (Å²) >= 11 is 3.40. The third-order valence-electron chi connectivity index (χ3n) is 2.74. The van der Waals surface area contributed by atoms with E-state index in [0.29, 0.717) is 26.4 Å². The average Bonchev–Trinajstić information content (AvgIpc) is 2.45.